The van der Waals surface area contributed by atoms with Crippen molar-refractivity contribution in [3.05, 3.63) is 58.9 Å². The Balaban J connectivity index is 1.52. The molecule has 186 valence electrons. The van der Waals surface area contributed by atoms with Crippen molar-refractivity contribution in [2.45, 2.75) is 36.6 Å². The molecule has 0 radical (unpaired) electrons. The average Bonchev–Trinajstić information content (AvgIpc) is 3.53. The second kappa shape index (κ2) is 9.07. The summed E-state index contributed by atoms with van der Waals surface area (Å²) in [6.07, 6.45) is 5.68. The molecule has 1 aliphatic carbocycles. The number of anilines is 2. The lowest BCUT2D eigenvalue weighted by molar-refractivity contribution is -0.384. The van der Waals surface area contributed by atoms with Gasteiger partial charge < -0.3 is 10.5 Å². The van der Waals surface area contributed by atoms with Gasteiger partial charge in [-0.25, -0.2) is 23.1 Å². The summed E-state index contributed by atoms with van der Waals surface area (Å²) in [5, 5.41) is 16.3. The van der Waals surface area contributed by atoms with E-state index in [1.54, 1.807) is 18.2 Å². The van der Waals surface area contributed by atoms with Crippen LogP contribution in [0.15, 0.2) is 53.7 Å². The van der Waals surface area contributed by atoms with Gasteiger partial charge in [0.2, 0.25) is 0 Å². The number of rotatable bonds is 7. The highest BCUT2D eigenvalue weighted by Crippen LogP contribution is 2.39. The normalized spacial score (nSPS) is 14.2. The van der Waals surface area contributed by atoms with Crippen LogP contribution >= 0.6 is 0 Å². The molecule has 0 spiro atoms. The average molecular weight is 510 g/mol. The number of aromatic nitrogens is 4. The van der Waals surface area contributed by atoms with Gasteiger partial charge in [-0.3, -0.25) is 14.8 Å². The summed E-state index contributed by atoms with van der Waals surface area (Å²) in [6, 6.07) is 9.78. The van der Waals surface area contributed by atoms with E-state index in [1.165, 1.54) is 25.6 Å². The number of nitrogens with one attached hydrogen (secondary N) is 1. The molecule has 36 heavy (non-hydrogen) atoms. The standard InChI is InChI=1S/C23H23N7O5S/c1-35-19-12-14(6-11-18(19)28-36(33,34)17-9-7-16(8-10-17)30(31)32)21-20-22(24)25-13-26-23(20)29(27-21)15-4-2-3-5-15/h6-13,15,28H,2-5H2,1H3,(H2,24,25,26). The van der Waals surface area contributed by atoms with Crippen molar-refractivity contribution < 1.29 is 18.1 Å². The van der Waals surface area contributed by atoms with Crippen molar-refractivity contribution >= 4 is 38.2 Å². The Labute approximate surface area is 206 Å². The summed E-state index contributed by atoms with van der Waals surface area (Å²) in [6.45, 7) is 0. The topological polar surface area (TPSA) is 168 Å². The lowest BCUT2D eigenvalue weighted by Gasteiger charge is -2.13. The van der Waals surface area contributed by atoms with E-state index in [9.17, 15) is 18.5 Å². The van der Waals surface area contributed by atoms with E-state index in [0.29, 0.717) is 28.1 Å². The summed E-state index contributed by atoms with van der Waals surface area (Å²) < 4.78 is 35.6. The molecule has 0 saturated heterocycles. The van der Waals surface area contributed by atoms with E-state index in [4.69, 9.17) is 15.6 Å². The number of sulfonamides is 1. The highest BCUT2D eigenvalue weighted by molar-refractivity contribution is 7.92. The molecule has 12 nitrogen and oxygen atoms in total. The van der Waals surface area contributed by atoms with Crippen LogP contribution in [-0.4, -0.2) is 40.2 Å². The number of nitro benzene ring substituents is 1. The summed E-state index contributed by atoms with van der Waals surface area (Å²) in [5.41, 5.74) is 8.11. The van der Waals surface area contributed by atoms with Crippen molar-refractivity contribution in [1.29, 1.82) is 0 Å². The Morgan fingerprint density at radius 1 is 1.14 bits per heavy atom. The van der Waals surface area contributed by atoms with Gasteiger partial charge in [0, 0.05) is 17.7 Å². The summed E-state index contributed by atoms with van der Waals surface area (Å²) in [4.78, 5) is 18.7. The first-order valence-corrected chi connectivity index (χ1v) is 12.7. The predicted molar refractivity (Wildman–Crippen MR) is 133 cm³/mol. The number of ether oxygens (including phenoxy) is 1. The van der Waals surface area contributed by atoms with Crippen LogP contribution in [0.1, 0.15) is 31.7 Å². The van der Waals surface area contributed by atoms with Crippen LogP contribution in [0.25, 0.3) is 22.3 Å². The van der Waals surface area contributed by atoms with Crippen LogP contribution in [0.2, 0.25) is 0 Å². The number of hydrogen-bond acceptors (Lipinski definition) is 9. The number of methoxy groups -OCH3 is 1. The molecule has 0 aliphatic heterocycles. The minimum absolute atomic E-state index is 0.120. The van der Waals surface area contributed by atoms with Gasteiger partial charge in [0.1, 0.15) is 23.6 Å². The smallest absolute Gasteiger partial charge is 0.269 e. The van der Waals surface area contributed by atoms with Crippen molar-refractivity contribution in [3.8, 4) is 17.0 Å². The largest absolute Gasteiger partial charge is 0.495 e. The third kappa shape index (κ3) is 4.17. The molecule has 1 aliphatic rings. The van der Waals surface area contributed by atoms with Crippen molar-refractivity contribution in [3.63, 3.8) is 0 Å². The number of nitrogen functional groups attached to an aromatic ring is 1. The van der Waals surface area contributed by atoms with Crippen LogP contribution in [0, 0.1) is 10.1 Å². The number of nitrogens with two attached hydrogens (primary N) is 1. The third-order valence-electron chi connectivity index (χ3n) is 6.27. The highest BCUT2D eigenvalue weighted by atomic mass is 32.2. The van der Waals surface area contributed by atoms with E-state index in [0.717, 1.165) is 37.8 Å². The number of nitro groups is 1. The number of fused-ring (bicyclic) bond motifs is 1. The number of benzene rings is 2. The zero-order chi connectivity index (χ0) is 25.4. The Morgan fingerprint density at radius 3 is 2.53 bits per heavy atom. The van der Waals surface area contributed by atoms with E-state index < -0.39 is 14.9 Å². The maximum absolute atomic E-state index is 12.9. The number of hydrogen-bond donors (Lipinski definition) is 2. The van der Waals surface area contributed by atoms with Gasteiger partial charge >= 0.3 is 0 Å². The highest BCUT2D eigenvalue weighted by Gasteiger charge is 2.25. The van der Waals surface area contributed by atoms with Gasteiger partial charge in [-0.2, -0.15) is 5.10 Å². The van der Waals surface area contributed by atoms with Crippen molar-refractivity contribution in [1.82, 2.24) is 19.7 Å². The van der Waals surface area contributed by atoms with Crippen LogP contribution < -0.4 is 15.2 Å². The zero-order valence-corrected chi connectivity index (χ0v) is 20.1. The monoisotopic (exact) mass is 509 g/mol. The van der Waals surface area contributed by atoms with Gasteiger partial charge in [0.15, 0.2) is 5.65 Å². The van der Waals surface area contributed by atoms with Gasteiger partial charge in [0.05, 0.1) is 34.0 Å². The van der Waals surface area contributed by atoms with Crippen LogP contribution in [0.4, 0.5) is 17.2 Å². The maximum atomic E-state index is 12.9. The molecule has 1 fully saturated rings. The number of non-ortho nitro benzene ring substituents is 1. The molecule has 13 heteroatoms. The minimum Gasteiger partial charge on any atom is -0.495 e. The summed E-state index contributed by atoms with van der Waals surface area (Å²) in [7, 11) is -2.60. The lowest BCUT2D eigenvalue weighted by atomic mass is 10.1. The minimum atomic E-state index is -4.03. The molecule has 2 aromatic heterocycles. The fourth-order valence-electron chi connectivity index (χ4n) is 4.47. The van der Waals surface area contributed by atoms with Gasteiger partial charge in [-0.1, -0.05) is 18.9 Å². The van der Waals surface area contributed by atoms with Crippen LogP contribution in [0.5, 0.6) is 5.75 Å². The maximum Gasteiger partial charge on any atom is 0.269 e. The molecule has 4 aromatic rings. The Hall–Kier alpha value is -4.26. The van der Waals surface area contributed by atoms with E-state index in [1.807, 2.05) is 4.68 Å². The fourth-order valence-corrected chi connectivity index (χ4v) is 5.54. The summed E-state index contributed by atoms with van der Waals surface area (Å²) >= 11 is 0. The predicted octanol–water partition coefficient (Wildman–Crippen LogP) is 3.91. The van der Waals surface area contributed by atoms with Crippen LogP contribution in [0.3, 0.4) is 0 Å². The van der Waals surface area contributed by atoms with E-state index >= 15 is 0 Å². The molecule has 2 heterocycles. The molecule has 0 bridgehead atoms. The van der Waals surface area contributed by atoms with Gasteiger partial charge in [-0.05, 0) is 37.1 Å². The second-order valence-corrected chi connectivity index (χ2v) is 10.1. The molecular weight excluding hydrogens is 486 g/mol. The summed E-state index contributed by atoms with van der Waals surface area (Å²) in [5.74, 6) is 0.568. The SMILES string of the molecule is COc1cc(-c2nn(C3CCCC3)c3ncnc(N)c23)ccc1NS(=O)(=O)c1ccc([N+](=O)[O-])cc1. The van der Waals surface area contributed by atoms with Gasteiger partial charge in [0.25, 0.3) is 15.7 Å². The molecule has 3 N–H and O–H groups in total. The molecule has 2 aromatic carbocycles. The molecule has 0 unspecified atom stereocenters. The van der Waals surface area contributed by atoms with Crippen molar-refractivity contribution in [2.75, 3.05) is 17.6 Å². The Morgan fingerprint density at radius 2 is 1.86 bits per heavy atom. The van der Waals surface area contributed by atoms with Crippen LogP contribution in [-0.2, 0) is 10.0 Å². The molecule has 0 amide bonds. The molecule has 0 atom stereocenters. The Kier molecular flexibility index (Phi) is 5.92. The first-order valence-electron chi connectivity index (χ1n) is 11.2. The van der Waals surface area contributed by atoms with Gasteiger partial charge in [-0.15, -0.1) is 0 Å². The molecule has 5 rings (SSSR count). The first-order chi connectivity index (χ1) is 17.3. The van der Waals surface area contributed by atoms with E-state index in [2.05, 4.69) is 14.7 Å². The Bertz CT molecular complexity index is 1560. The first kappa shape index (κ1) is 23.5. The molecule has 1 saturated carbocycles. The number of nitrogens with zero attached hydrogens (tertiary/aromatic N) is 5. The third-order valence-corrected chi connectivity index (χ3v) is 7.65. The fraction of sp³-hybridized carbons (Fsp3) is 0.261. The second-order valence-electron chi connectivity index (χ2n) is 8.46. The van der Waals surface area contributed by atoms with Crippen molar-refractivity contribution in [2.24, 2.45) is 0 Å². The molecular formula is C23H23N7O5S. The quantitative estimate of drug-likeness (QED) is 0.277. The van der Waals surface area contributed by atoms with E-state index in [-0.39, 0.29) is 28.1 Å². The zero-order valence-electron chi connectivity index (χ0n) is 19.3. The lowest BCUT2D eigenvalue weighted by Crippen LogP contribution is -2.13.